The predicted octanol–water partition coefficient (Wildman–Crippen LogP) is 4.52. The fraction of sp³-hybridized carbons (Fsp3) is 0.259. The number of anilines is 1. The van der Waals surface area contributed by atoms with Gasteiger partial charge in [-0.05, 0) is 64.7 Å². The minimum Gasteiger partial charge on any atom is -0.404 e. The van der Waals surface area contributed by atoms with E-state index in [9.17, 15) is 18.0 Å². The van der Waals surface area contributed by atoms with E-state index in [1.54, 1.807) is 22.8 Å². The van der Waals surface area contributed by atoms with Crippen LogP contribution in [-0.4, -0.2) is 49.3 Å². The van der Waals surface area contributed by atoms with Crippen molar-refractivity contribution in [3.05, 3.63) is 87.4 Å². The molecule has 3 N–H and O–H groups in total. The zero-order valence-corrected chi connectivity index (χ0v) is 22.9. The molecule has 10 nitrogen and oxygen atoms in total. The number of nitrogens with zero attached hydrogens (tertiary/aromatic N) is 6. The molecule has 2 aliphatic rings. The Morgan fingerprint density at radius 3 is 2.62 bits per heavy atom. The van der Waals surface area contributed by atoms with E-state index in [0.29, 0.717) is 28.3 Å². The van der Waals surface area contributed by atoms with Crippen LogP contribution in [0.1, 0.15) is 24.2 Å². The van der Waals surface area contributed by atoms with Gasteiger partial charge in [-0.15, -0.1) is 18.3 Å². The van der Waals surface area contributed by atoms with E-state index in [2.05, 4.69) is 25.6 Å². The first-order valence-corrected chi connectivity index (χ1v) is 13.1. The molecule has 2 aromatic heterocycles. The molecule has 0 spiro atoms. The summed E-state index contributed by atoms with van der Waals surface area (Å²) in [7, 11) is 1.51. The maximum Gasteiger partial charge on any atom is 0.573 e. The second-order valence-electron chi connectivity index (χ2n) is 10.2. The minimum absolute atomic E-state index is 0.0372. The van der Waals surface area contributed by atoms with Crippen molar-refractivity contribution in [1.29, 1.82) is 0 Å². The molecule has 0 bridgehead atoms. The van der Waals surface area contributed by atoms with Crippen molar-refractivity contribution in [3.8, 4) is 22.6 Å². The highest BCUT2D eigenvalue weighted by atomic mass is 35.5. The number of hydrogen-bond donors (Lipinski definition) is 2. The van der Waals surface area contributed by atoms with Crippen LogP contribution in [0.5, 0.6) is 5.75 Å². The Balaban J connectivity index is 1.35. The van der Waals surface area contributed by atoms with Gasteiger partial charge in [-0.25, -0.2) is 0 Å². The van der Waals surface area contributed by atoms with Gasteiger partial charge in [0.2, 0.25) is 5.95 Å². The van der Waals surface area contributed by atoms with Gasteiger partial charge in [0.1, 0.15) is 12.5 Å². The van der Waals surface area contributed by atoms with Gasteiger partial charge in [-0.2, -0.15) is 9.07 Å². The monoisotopic (exact) mass is 602 g/mol. The number of aromatic nitrogens is 5. The quantitative estimate of drug-likeness (QED) is 0.195. The van der Waals surface area contributed by atoms with E-state index < -0.39 is 30.3 Å². The summed E-state index contributed by atoms with van der Waals surface area (Å²) < 4.78 is 61.3. The third kappa shape index (κ3) is 4.81. The van der Waals surface area contributed by atoms with Crippen molar-refractivity contribution in [1.82, 2.24) is 35.0 Å². The number of rotatable bonds is 5. The molecule has 42 heavy (non-hydrogen) atoms. The van der Waals surface area contributed by atoms with Crippen LogP contribution in [0.15, 0.2) is 65.6 Å². The van der Waals surface area contributed by atoms with E-state index in [1.165, 1.54) is 41.2 Å². The number of tetrazole rings is 1. The second-order valence-corrected chi connectivity index (χ2v) is 10.6. The lowest BCUT2D eigenvalue weighted by atomic mass is 9.98. The summed E-state index contributed by atoms with van der Waals surface area (Å²) in [4.78, 5) is 15.0. The van der Waals surface area contributed by atoms with E-state index >= 15 is 4.39 Å². The number of likely N-dealkylation sites (N-methyl/N-ethyl adjacent to an activating group) is 1. The number of pyridine rings is 1. The van der Waals surface area contributed by atoms with Crippen molar-refractivity contribution in [3.63, 3.8) is 0 Å². The summed E-state index contributed by atoms with van der Waals surface area (Å²) in [6.07, 6.45) is -3.73. The molecule has 0 fully saturated rings. The first kappa shape index (κ1) is 27.6. The third-order valence-electron chi connectivity index (χ3n) is 7.50. The molecular weight excluding hydrogens is 580 g/mol. The smallest absolute Gasteiger partial charge is 0.404 e. The van der Waals surface area contributed by atoms with Crippen LogP contribution in [0, 0.1) is 5.92 Å². The van der Waals surface area contributed by atoms with Crippen molar-refractivity contribution < 1.29 is 22.3 Å². The number of nitrogens with one attached hydrogen (secondary N) is 1. The van der Waals surface area contributed by atoms with Crippen LogP contribution in [0.3, 0.4) is 0 Å². The first-order valence-electron chi connectivity index (χ1n) is 12.7. The normalized spacial score (nSPS) is 20.2. The van der Waals surface area contributed by atoms with Crippen LogP contribution in [0.4, 0.5) is 23.2 Å². The number of alkyl halides is 3. The molecule has 6 rings (SSSR count). The van der Waals surface area contributed by atoms with Gasteiger partial charge < -0.3 is 25.3 Å². The van der Waals surface area contributed by atoms with Gasteiger partial charge in [-0.1, -0.05) is 24.6 Å². The van der Waals surface area contributed by atoms with Gasteiger partial charge in [0.25, 0.3) is 5.56 Å². The molecule has 15 heteroatoms. The Hall–Kier alpha value is -4.59. The van der Waals surface area contributed by atoms with Crippen molar-refractivity contribution in [2.24, 2.45) is 5.92 Å². The standard InChI is InChI=1S/C27H23ClF4N8O2/c1-13-7-17-8-15(18-11-16(28)4-6-20(18)39-12-34-36-37-39)10-22(41)40(17)24(13)26-35-23(25(29)38(26)2)14-3-5-19(33)21(9-14)42-27(30,31)32/h3-6,8-13,24,26,35H,7,33H2,1-2H3/t13-,24-,26?/m0/s1. The van der Waals surface area contributed by atoms with Gasteiger partial charge >= 0.3 is 6.36 Å². The number of fused-ring (bicyclic) bond motifs is 1. The maximum atomic E-state index is 15.6. The van der Waals surface area contributed by atoms with Gasteiger partial charge in [0.15, 0.2) is 5.75 Å². The zero-order chi connectivity index (χ0) is 29.9. The summed E-state index contributed by atoms with van der Waals surface area (Å²) in [6.45, 7) is 1.95. The van der Waals surface area contributed by atoms with E-state index in [1.807, 2.05) is 13.0 Å². The molecule has 218 valence electrons. The van der Waals surface area contributed by atoms with E-state index in [-0.39, 0.29) is 28.4 Å². The number of hydrogen-bond acceptors (Lipinski definition) is 8. The van der Waals surface area contributed by atoms with Crippen molar-refractivity contribution >= 4 is 23.0 Å². The average molecular weight is 603 g/mol. The number of ether oxygens (including phenoxy) is 1. The fourth-order valence-electron chi connectivity index (χ4n) is 5.68. The molecule has 0 aliphatic carbocycles. The zero-order valence-electron chi connectivity index (χ0n) is 22.1. The lowest BCUT2D eigenvalue weighted by molar-refractivity contribution is -0.274. The lowest BCUT2D eigenvalue weighted by Gasteiger charge is -2.31. The average Bonchev–Trinajstić information content (AvgIpc) is 3.63. The van der Waals surface area contributed by atoms with Crippen LogP contribution in [0.2, 0.25) is 5.02 Å². The minimum atomic E-state index is -4.97. The maximum absolute atomic E-state index is 15.6. The number of halogens is 5. The molecule has 4 heterocycles. The van der Waals surface area contributed by atoms with Gasteiger partial charge in [0, 0.05) is 35.0 Å². The predicted molar refractivity (Wildman–Crippen MR) is 146 cm³/mol. The summed E-state index contributed by atoms with van der Waals surface area (Å²) >= 11 is 6.29. The van der Waals surface area contributed by atoms with Crippen molar-refractivity contribution in [2.75, 3.05) is 12.8 Å². The van der Waals surface area contributed by atoms with Gasteiger partial charge in [0.05, 0.1) is 23.1 Å². The number of benzene rings is 2. The highest BCUT2D eigenvalue weighted by Crippen LogP contribution is 2.41. The summed E-state index contributed by atoms with van der Waals surface area (Å²) in [5, 5.41) is 14.9. The number of nitrogens with two attached hydrogens (primary N) is 1. The van der Waals surface area contributed by atoms with Crippen LogP contribution < -0.4 is 21.3 Å². The fourth-order valence-corrected chi connectivity index (χ4v) is 5.85. The van der Waals surface area contributed by atoms with E-state index in [4.69, 9.17) is 17.3 Å². The SMILES string of the molecule is C[C@H]1Cc2cc(-c3cc(Cl)ccc3-n3cnnn3)cc(=O)n2[C@@H]1C1NC(c2ccc(N)c(OC(F)(F)F)c2)=C(F)N1C. The first-order chi connectivity index (χ1) is 19.9. The molecular formula is C27H23ClF4N8O2. The van der Waals surface area contributed by atoms with Crippen molar-refractivity contribution in [2.45, 2.75) is 31.9 Å². The summed E-state index contributed by atoms with van der Waals surface area (Å²) in [6, 6.07) is 11.7. The Labute approximate surface area is 240 Å². The highest BCUT2D eigenvalue weighted by Gasteiger charge is 2.43. The summed E-state index contributed by atoms with van der Waals surface area (Å²) in [5.74, 6) is -1.44. The Bertz CT molecular complexity index is 1770. The molecule has 2 aromatic carbocycles. The highest BCUT2D eigenvalue weighted by molar-refractivity contribution is 6.31. The van der Waals surface area contributed by atoms with Gasteiger partial charge in [-0.3, -0.25) is 4.79 Å². The molecule has 0 amide bonds. The Morgan fingerprint density at radius 2 is 1.90 bits per heavy atom. The topological polar surface area (TPSA) is 116 Å². The molecule has 0 saturated carbocycles. The molecule has 1 unspecified atom stereocenters. The lowest BCUT2D eigenvalue weighted by Crippen LogP contribution is -2.45. The molecule has 0 saturated heterocycles. The third-order valence-corrected chi connectivity index (χ3v) is 7.74. The molecule has 2 aliphatic heterocycles. The van der Waals surface area contributed by atoms with E-state index in [0.717, 1.165) is 11.8 Å². The Kier molecular flexibility index (Phi) is 6.60. The van der Waals surface area contributed by atoms with Crippen LogP contribution >= 0.6 is 11.6 Å². The molecule has 4 aromatic rings. The number of nitrogen functional groups attached to an aromatic ring is 1. The molecule has 3 atom stereocenters. The van der Waals surface area contributed by atoms with Crippen LogP contribution in [0.25, 0.3) is 22.5 Å². The van der Waals surface area contributed by atoms with Crippen LogP contribution in [-0.2, 0) is 6.42 Å². The largest absolute Gasteiger partial charge is 0.573 e. The Morgan fingerprint density at radius 1 is 1.12 bits per heavy atom. The second kappa shape index (κ2) is 10.0. The summed E-state index contributed by atoms with van der Waals surface area (Å²) in [5.41, 5.74) is 7.79. The molecule has 0 radical (unpaired) electrons.